The Morgan fingerprint density at radius 1 is 1.29 bits per heavy atom. The van der Waals surface area contributed by atoms with Gasteiger partial charge < -0.3 is 10.6 Å². The Hall–Kier alpha value is -1.88. The molecule has 0 radical (unpaired) electrons. The smallest absolute Gasteiger partial charge is 0.274 e. The SMILES string of the molecule is CCCNc1ccnc(C(=O)Nc2ccc(Br)cc2C)c1. The highest BCUT2D eigenvalue weighted by atomic mass is 79.9. The quantitative estimate of drug-likeness (QED) is 0.850. The molecule has 2 rings (SSSR count). The van der Waals surface area contributed by atoms with Crippen LogP contribution in [0.3, 0.4) is 0 Å². The summed E-state index contributed by atoms with van der Waals surface area (Å²) in [6.45, 7) is 4.92. The molecule has 0 aliphatic rings. The van der Waals surface area contributed by atoms with Gasteiger partial charge in [0.25, 0.3) is 5.91 Å². The van der Waals surface area contributed by atoms with E-state index in [0.717, 1.165) is 34.4 Å². The summed E-state index contributed by atoms with van der Waals surface area (Å²) in [5, 5.41) is 6.13. The Bertz CT molecular complexity index is 643. The van der Waals surface area contributed by atoms with Crippen LogP contribution in [0.25, 0.3) is 0 Å². The van der Waals surface area contributed by atoms with E-state index in [-0.39, 0.29) is 5.91 Å². The summed E-state index contributed by atoms with van der Waals surface area (Å²) in [4.78, 5) is 16.4. The summed E-state index contributed by atoms with van der Waals surface area (Å²) in [6, 6.07) is 9.35. The van der Waals surface area contributed by atoms with E-state index in [2.05, 4.69) is 38.5 Å². The number of hydrogen-bond donors (Lipinski definition) is 2. The van der Waals surface area contributed by atoms with Gasteiger partial charge in [0.1, 0.15) is 5.69 Å². The number of carbonyl (C=O) groups is 1. The van der Waals surface area contributed by atoms with Gasteiger partial charge in [0, 0.05) is 28.6 Å². The topological polar surface area (TPSA) is 54.0 Å². The van der Waals surface area contributed by atoms with Crippen molar-refractivity contribution in [3.8, 4) is 0 Å². The largest absolute Gasteiger partial charge is 0.385 e. The van der Waals surface area contributed by atoms with E-state index in [0.29, 0.717) is 5.69 Å². The molecule has 110 valence electrons. The van der Waals surface area contributed by atoms with E-state index in [9.17, 15) is 4.79 Å². The fraction of sp³-hybridized carbons (Fsp3) is 0.250. The van der Waals surface area contributed by atoms with Crippen LogP contribution in [0.4, 0.5) is 11.4 Å². The van der Waals surface area contributed by atoms with Gasteiger partial charge in [-0.1, -0.05) is 22.9 Å². The molecule has 5 heteroatoms. The molecule has 0 atom stereocenters. The zero-order valence-corrected chi connectivity index (χ0v) is 13.7. The summed E-state index contributed by atoms with van der Waals surface area (Å²) < 4.78 is 0.988. The van der Waals surface area contributed by atoms with Crippen LogP contribution in [0.15, 0.2) is 41.0 Å². The lowest BCUT2D eigenvalue weighted by Gasteiger charge is -2.10. The number of aryl methyl sites for hydroxylation is 1. The molecule has 0 aliphatic heterocycles. The molecule has 0 spiro atoms. The second-order valence-corrected chi connectivity index (χ2v) is 5.69. The molecule has 0 saturated heterocycles. The van der Waals surface area contributed by atoms with E-state index >= 15 is 0 Å². The van der Waals surface area contributed by atoms with Crippen molar-refractivity contribution < 1.29 is 4.79 Å². The summed E-state index contributed by atoms with van der Waals surface area (Å²) in [5.74, 6) is -0.208. The first-order chi connectivity index (χ1) is 10.1. The maximum absolute atomic E-state index is 12.3. The van der Waals surface area contributed by atoms with Gasteiger partial charge in [-0.3, -0.25) is 9.78 Å². The van der Waals surface area contributed by atoms with Crippen molar-refractivity contribution in [1.82, 2.24) is 4.98 Å². The van der Waals surface area contributed by atoms with Crippen molar-refractivity contribution in [2.75, 3.05) is 17.2 Å². The lowest BCUT2D eigenvalue weighted by atomic mass is 10.2. The number of anilines is 2. The van der Waals surface area contributed by atoms with Crippen LogP contribution in [-0.2, 0) is 0 Å². The van der Waals surface area contributed by atoms with Crippen molar-refractivity contribution in [3.63, 3.8) is 0 Å². The molecule has 2 N–H and O–H groups in total. The zero-order chi connectivity index (χ0) is 15.2. The molecule has 0 fully saturated rings. The molecular formula is C16H18BrN3O. The van der Waals surface area contributed by atoms with Crippen LogP contribution in [0.1, 0.15) is 29.4 Å². The standard InChI is InChI=1S/C16H18BrN3O/c1-3-7-18-13-6-8-19-15(10-13)16(21)20-14-5-4-12(17)9-11(14)2/h4-6,8-10H,3,7H2,1-2H3,(H,18,19)(H,20,21). The van der Waals surface area contributed by atoms with Crippen LogP contribution < -0.4 is 10.6 Å². The molecule has 1 aromatic carbocycles. The van der Waals surface area contributed by atoms with Gasteiger partial charge in [-0.25, -0.2) is 0 Å². The van der Waals surface area contributed by atoms with Gasteiger partial charge in [0.2, 0.25) is 0 Å². The van der Waals surface area contributed by atoms with Crippen LogP contribution >= 0.6 is 15.9 Å². The van der Waals surface area contributed by atoms with Crippen LogP contribution in [-0.4, -0.2) is 17.4 Å². The van der Waals surface area contributed by atoms with Gasteiger partial charge in [-0.05, 0) is 49.2 Å². The van der Waals surface area contributed by atoms with Crippen LogP contribution in [0.5, 0.6) is 0 Å². The van der Waals surface area contributed by atoms with Crippen molar-refractivity contribution in [1.29, 1.82) is 0 Å². The number of pyridine rings is 1. The Labute approximate surface area is 133 Å². The molecule has 1 amide bonds. The summed E-state index contributed by atoms with van der Waals surface area (Å²) in [5.41, 5.74) is 3.10. The Morgan fingerprint density at radius 2 is 2.10 bits per heavy atom. The number of nitrogens with one attached hydrogen (secondary N) is 2. The van der Waals surface area contributed by atoms with E-state index in [1.165, 1.54) is 0 Å². The lowest BCUT2D eigenvalue weighted by Crippen LogP contribution is -2.15. The summed E-state index contributed by atoms with van der Waals surface area (Å²) in [7, 11) is 0. The third kappa shape index (κ3) is 4.29. The monoisotopic (exact) mass is 347 g/mol. The molecule has 1 heterocycles. The normalized spacial score (nSPS) is 10.2. The summed E-state index contributed by atoms with van der Waals surface area (Å²) in [6.07, 6.45) is 2.67. The molecule has 2 aromatic rings. The Kier molecular flexibility index (Phi) is 5.33. The number of nitrogens with zero attached hydrogens (tertiary/aromatic N) is 1. The molecule has 21 heavy (non-hydrogen) atoms. The molecule has 4 nitrogen and oxygen atoms in total. The van der Waals surface area contributed by atoms with Gasteiger partial charge in [0.15, 0.2) is 0 Å². The number of rotatable bonds is 5. The molecule has 0 aliphatic carbocycles. The van der Waals surface area contributed by atoms with Crippen molar-refractivity contribution in [2.24, 2.45) is 0 Å². The molecule has 0 unspecified atom stereocenters. The summed E-state index contributed by atoms with van der Waals surface area (Å²) >= 11 is 3.41. The van der Waals surface area contributed by atoms with Crippen LogP contribution in [0.2, 0.25) is 0 Å². The van der Waals surface area contributed by atoms with Gasteiger partial charge in [-0.2, -0.15) is 0 Å². The minimum Gasteiger partial charge on any atom is -0.385 e. The highest BCUT2D eigenvalue weighted by molar-refractivity contribution is 9.10. The van der Waals surface area contributed by atoms with Crippen molar-refractivity contribution in [3.05, 3.63) is 52.3 Å². The molecule has 0 saturated carbocycles. The molecule has 0 bridgehead atoms. The van der Waals surface area contributed by atoms with Crippen molar-refractivity contribution >= 4 is 33.2 Å². The number of hydrogen-bond acceptors (Lipinski definition) is 3. The van der Waals surface area contributed by atoms with E-state index in [1.54, 1.807) is 12.3 Å². The third-order valence-corrected chi connectivity index (χ3v) is 3.50. The third-order valence-electron chi connectivity index (χ3n) is 3.01. The Balaban J connectivity index is 2.12. The highest BCUT2D eigenvalue weighted by Crippen LogP contribution is 2.20. The van der Waals surface area contributed by atoms with Gasteiger partial charge >= 0.3 is 0 Å². The minimum absolute atomic E-state index is 0.208. The predicted molar refractivity (Wildman–Crippen MR) is 89.8 cm³/mol. The van der Waals surface area contributed by atoms with E-state index in [4.69, 9.17) is 0 Å². The molecular weight excluding hydrogens is 330 g/mol. The number of carbonyl (C=O) groups excluding carboxylic acids is 1. The molecule has 1 aromatic heterocycles. The maximum Gasteiger partial charge on any atom is 0.274 e. The minimum atomic E-state index is -0.208. The first kappa shape index (κ1) is 15.5. The number of aromatic nitrogens is 1. The zero-order valence-electron chi connectivity index (χ0n) is 12.1. The van der Waals surface area contributed by atoms with E-state index in [1.807, 2.05) is 31.2 Å². The average molecular weight is 348 g/mol. The average Bonchev–Trinajstić information content (AvgIpc) is 2.48. The van der Waals surface area contributed by atoms with E-state index < -0.39 is 0 Å². The first-order valence-corrected chi connectivity index (χ1v) is 7.67. The second-order valence-electron chi connectivity index (χ2n) is 4.77. The highest BCUT2D eigenvalue weighted by Gasteiger charge is 2.10. The van der Waals surface area contributed by atoms with Gasteiger partial charge in [0.05, 0.1) is 0 Å². The fourth-order valence-corrected chi connectivity index (χ4v) is 2.36. The Morgan fingerprint density at radius 3 is 2.81 bits per heavy atom. The predicted octanol–water partition coefficient (Wildman–Crippen LogP) is 4.23. The second kappa shape index (κ2) is 7.22. The first-order valence-electron chi connectivity index (χ1n) is 6.87. The number of benzene rings is 1. The number of amides is 1. The maximum atomic E-state index is 12.3. The number of halogens is 1. The van der Waals surface area contributed by atoms with Crippen molar-refractivity contribution in [2.45, 2.75) is 20.3 Å². The lowest BCUT2D eigenvalue weighted by molar-refractivity contribution is 0.102. The van der Waals surface area contributed by atoms with Crippen LogP contribution in [0, 0.1) is 6.92 Å². The van der Waals surface area contributed by atoms with Gasteiger partial charge in [-0.15, -0.1) is 0 Å². The fourth-order valence-electron chi connectivity index (χ4n) is 1.89.